The van der Waals surface area contributed by atoms with Gasteiger partial charge in [0.05, 0.1) is 20.3 Å². The predicted octanol–water partition coefficient (Wildman–Crippen LogP) is 0.363. The summed E-state index contributed by atoms with van der Waals surface area (Å²) in [6.45, 7) is 2.25. The van der Waals surface area contributed by atoms with Gasteiger partial charge in [-0.05, 0) is 19.1 Å². The molecule has 1 aromatic rings. The number of rotatable bonds is 5. The van der Waals surface area contributed by atoms with E-state index >= 15 is 0 Å². The van der Waals surface area contributed by atoms with E-state index in [1.165, 1.54) is 14.2 Å². The van der Waals surface area contributed by atoms with Crippen molar-refractivity contribution in [2.24, 2.45) is 5.92 Å². The largest absolute Gasteiger partial charge is 0.550 e. The fourth-order valence-electron chi connectivity index (χ4n) is 2.82. The number of hydrogen-bond acceptors (Lipinski definition) is 5. The van der Waals surface area contributed by atoms with Gasteiger partial charge < -0.3 is 24.3 Å². The molecule has 0 bridgehead atoms. The number of amides is 1. The zero-order valence-corrected chi connectivity index (χ0v) is 12.3. The van der Waals surface area contributed by atoms with Crippen molar-refractivity contribution in [1.82, 2.24) is 4.90 Å². The van der Waals surface area contributed by atoms with E-state index in [4.69, 9.17) is 9.47 Å². The predicted molar refractivity (Wildman–Crippen MR) is 72.8 cm³/mol. The maximum Gasteiger partial charge on any atom is 0.223 e. The van der Waals surface area contributed by atoms with E-state index in [2.05, 4.69) is 0 Å². The Bertz CT molecular complexity index is 557. The van der Waals surface area contributed by atoms with Gasteiger partial charge in [0.25, 0.3) is 0 Å². The minimum absolute atomic E-state index is 0.0456. The lowest BCUT2D eigenvalue weighted by atomic mass is 9.93. The third-order valence-electron chi connectivity index (χ3n) is 3.83. The summed E-state index contributed by atoms with van der Waals surface area (Å²) in [5, 5.41) is 11.4. The molecular weight excluding hydrogens is 274 g/mol. The minimum Gasteiger partial charge on any atom is -0.550 e. The summed E-state index contributed by atoms with van der Waals surface area (Å²) in [6.07, 6.45) is -0.0456. The highest BCUT2D eigenvalue weighted by molar-refractivity contribution is 5.87. The molecule has 6 heteroatoms. The van der Waals surface area contributed by atoms with Gasteiger partial charge in [0.2, 0.25) is 5.91 Å². The van der Waals surface area contributed by atoms with Crippen molar-refractivity contribution in [3.8, 4) is 11.5 Å². The first-order valence-corrected chi connectivity index (χ1v) is 6.75. The van der Waals surface area contributed by atoms with Gasteiger partial charge in [-0.3, -0.25) is 4.79 Å². The van der Waals surface area contributed by atoms with Crippen LogP contribution in [0.4, 0.5) is 0 Å². The second kappa shape index (κ2) is 6.03. The average molecular weight is 292 g/mol. The van der Waals surface area contributed by atoms with E-state index in [1.54, 1.807) is 23.1 Å². The zero-order chi connectivity index (χ0) is 15.6. The lowest BCUT2D eigenvalue weighted by molar-refractivity contribution is -0.312. The maximum atomic E-state index is 12.0. The Kier molecular flexibility index (Phi) is 4.35. The first kappa shape index (κ1) is 15.2. The van der Waals surface area contributed by atoms with Crippen molar-refractivity contribution in [1.29, 1.82) is 0 Å². The second-order valence-electron chi connectivity index (χ2n) is 4.86. The maximum absolute atomic E-state index is 12.0. The normalized spacial score (nSPS) is 21.5. The van der Waals surface area contributed by atoms with Crippen LogP contribution < -0.4 is 14.6 Å². The van der Waals surface area contributed by atoms with Crippen molar-refractivity contribution in [2.45, 2.75) is 19.4 Å². The Morgan fingerprint density at radius 2 is 2.10 bits per heavy atom. The molecule has 0 radical (unpaired) electrons. The number of ether oxygens (including phenoxy) is 2. The van der Waals surface area contributed by atoms with E-state index in [9.17, 15) is 14.7 Å². The third-order valence-corrected chi connectivity index (χ3v) is 3.83. The number of benzene rings is 1. The first-order chi connectivity index (χ1) is 10.0. The molecule has 1 amide bonds. The molecule has 2 rings (SSSR count). The molecule has 2 atom stereocenters. The number of aliphatic carboxylic acids is 1. The molecule has 1 saturated heterocycles. The second-order valence-corrected chi connectivity index (χ2v) is 4.86. The number of carbonyl (C=O) groups is 2. The highest BCUT2D eigenvalue weighted by atomic mass is 16.5. The quantitative estimate of drug-likeness (QED) is 0.783. The third kappa shape index (κ3) is 2.66. The lowest BCUT2D eigenvalue weighted by Crippen LogP contribution is -2.36. The number of methoxy groups -OCH3 is 2. The molecule has 6 nitrogen and oxygen atoms in total. The molecule has 21 heavy (non-hydrogen) atoms. The molecule has 0 spiro atoms. The molecule has 0 unspecified atom stereocenters. The summed E-state index contributed by atoms with van der Waals surface area (Å²) >= 11 is 0. The number of likely N-dealkylation sites (tertiary alicyclic amines) is 1. The van der Waals surface area contributed by atoms with Crippen LogP contribution in [-0.2, 0) is 9.59 Å². The molecule has 1 heterocycles. The monoisotopic (exact) mass is 292 g/mol. The summed E-state index contributed by atoms with van der Waals surface area (Å²) in [5.74, 6) is -1.18. The Balaban J connectivity index is 2.50. The average Bonchev–Trinajstić information content (AvgIpc) is 2.83. The fraction of sp³-hybridized carbons (Fsp3) is 0.467. The van der Waals surface area contributed by atoms with Crippen LogP contribution in [0.1, 0.15) is 24.9 Å². The van der Waals surface area contributed by atoms with E-state index in [-0.39, 0.29) is 12.3 Å². The highest BCUT2D eigenvalue weighted by Gasteiger charge is 2.41. The summed E-state index contributed by atoms with van der Waals surface area (Å²) in [4.78, 5) is 24.9. The smallest absolute Gasteiger partial charge is 0.223 e. The molecule has 0 N–H and O–H groups in total. The van der Waals surface area contributed by atoms with Gasteiger partial charge in [0.1, 0.15) is 11.5 Å². The Morgan fingerprint density at radius 1 is 1.38 bits per heavy atom. The van der Waals surface area contributed by atoms with Gasteiger partial charge in [0.15, 0.2) is 0 Å². The van der Waals surface area contributed by atoms with E-state index in [0.717, 1.165) is 0 Å². The molecule has 1 aliphatic rings. The SMILES string of the molecule is CCN1C(=O)C[C@@H](C(=O)[O-])[C@H]1c1ccc(OC)cc1OC. The molecular formula is C15H18NO5-. The molecule has 0 aromatic heterocycles. The van der Waals surface area contributed by atoms with Gasteiger partial charge in [-0.25, -0.2) is 0 Å². The topological polar surface area (TPSA) is 78.9 Å². The van der Waals surface area contributed by atoms with E-state index < -0.39 is 17.9 Å². The van der Waals surface area contributed by atoms with Crippen LogP contribution >= 0.6 is 0 Å². The van der Waals surface area contributed by atoms with Crippen LogP contribution in [0.2, 0.25) is 0 Å². The molecule has 1 fully saturated rings. The number of carboxylic acids is 1. The van der Waals surface area contributed by atoms with Gasteiger partial charge in [-0.1, -0.05) is 0 Å². The molecule has 114 valence electrons. The van der Waals surface area contributed by atoms with Gasteiger partial charge in [-0.2, -0.15) is 0 Å². The molecule has 0 saturated carbocycles. The Morgan fingerprint density at radius 3 is 2.62 bits per heavy atom. The van der Waals surface area contributed by atoms with Crippen LogP contribution in [0.3, 0.4) is 0 Å². The summed E-state index contributed by atoms with van der Waals surface area (Å²) < 4.78 is 10.5. The number of hydrogen-bond donors (Lipinski definition) is 0. The van der Waals surface area contributed by atoms with Crippen molar-refractivity contribution < 1.29 is 24.2 Å². The number of carboxylic acid groups (broad SMARTS) is 1. The van der Waals surface area contributed by atoms with Crippen molar-refractivity contribution >= 4 is 11.9 Å². The van der Waals surface area contributed by atoms with Gasteiger partial charge in [-0.15, -0.1) is 0 Å². The standard InChI is InChI=1S/C15H19NO5/c1-4-16-13(17)8-11(15(18)19)14(16)10-6-5-9(20-2)7-12(10)21-3/h5-7,11,14H,4,8H2,1-3H3,(H,18,19)/p-1/t11-,14-/m1/s1. The van der Waals surface area contributed by atoms with Crippen LogP contribution in [0, 0.1) is 5.92 Å². The minimum atomic E-state index is -1.22. The first-order valence-electron chi connectivity index (χ1n) is 6.75. The zero-order valence-electron chi connectivity index (χ0n) is 12.3. The molecule has 1 aliphatic heterocycles. The van der Waals surface area contributed by atoms with E-state index in [0.29, 0.717) is 23.6 Å². The summed E-state index contributed by atoms with van der Waals surface area (Å²) in [6, 6.07) is 4.56. The van der Waals surface area contributed by atoms with Gasteiger partial charge in [0, 0.05) is 36.5 Å². The number of carbonyl (C=O) groups excluding carboxylic acids is 2. The van der Waals surface area contributed by atoms with Crippen molar-refractivity contribution in [2.75, 3.05) is 20.8 Å². The van der Waals surface area contributed by atoms with Crippen LogP contribution in [-0.4, -0.2) is 37.5 Å². The summed E-state index contributed by atoms with van der Waals surface area (Å²) in [7, 11) is 3.04. The van der Waals surface area contributed by atoms with E-state index in [1.807, 2.05) is 6.92 Å². The van der Waals surface area contributed by atoms with Crippen LogP contribution in [0.15, 0.2) is 18.2 Å². The van der Waals surface area contributed by atoms with Crippen molar-refractivity contribution in [3.05, 3.63) is 23.8 Å². The van der Waals surface area contributed by atoms with Gasteiger partial charge >= 0.3 is 0 Å². The van der Waals surface area contributed by atoms with Crippen LogP contribution in [0.5, 0.6) is 11.5 Å². The Hall–Kier alpha value is -2.24. The van der Waals surface area contributed by atoms with Crippen LogP contribution in [0.25, 0.3) is 0 Å². The fourth-order valence-corrected chi connectivity index (χ4v) is 2.82. The lowest BCUT2D eigenvalue weighted by Gasteiger charge is -2.29. The Labute approximate surface area is 123 Å². The highest BCUT2D eigenvalue weighted by Crippen LogP contribution is 2.42. The molecule has 0 aliphatic carbocycles. The summed E-state index contributed by atoms with van der Waals surface area (Å²) in [5.41, 5.74) is 0.653. The van der Waals surface area contributed by atoms with Crippen molar-refractivity contribution in [3.63, 3.8) is 0 Å². The molecule has 1 aromatic carbocycles. The number of nitrogens with zero attached hydrogens (tertiary/aromatic N) is 1.